The van der Waals surface area contributed by atoms with Gasteiger partial charge in [-0.15, -0.1) is 13.1 Å². The van der Waals surface area contributed by atoms with E-state index in [0.29, 0.717) is 20.6 Å². The van der Waals surface area contributed by atoms with E-state index in [9.17, 15) is 0 Å². The first-order chi connectivity index (χ1) is 14.0. The van der Waals surface area contributed by atoms with Crippen LogP contribution in [0.3, 0.4) is 0 Å². The third kappa shape index (κ3) is 16.8. The molecule has 1 rings (SSSR count). The van der Waals surface area contributed by atoms with E-state index in [4.69, 9.17) is 5.32 Å². The van der Waals surface area contributed by atoms with E-state index in [1.165, 1.54) is 50.8 Å². The van der Waals surface area contributed by atoms with Crippen LogP contribution in [0.2, 0.25) is 0 Å². The molecule has 1 aliphatic carbocycles. The van der Waals surface area contributed by atoms with Gasteiger partial charge in [0.25, 0.3) is 0 Å². The molecule has 0 bridgehead atoms. The summed E-state index contributed by atoms with van der Waals surface area (Å²) in [6.07, 6.45) is 16.1. The molecule has 0 heterocycles. The third-order valence-electron chi connectivity index (χ3n) is 6.23. The molecule has 1 aliphatic rings. The largest absolute Gasteiger partial charge is 0.656 e. The molecular formula is C28H59IrNP2. The fourth-order valence-electron chi connectivity index (χ4n) is 5.27. The van der Waals surface area contributed by atoms with Crippen LogP contribution in [0.15, 0.2) is 6.08 Å². The fourth-order valence-corrected chi connectivity index (χ4v) is 13.5. The van der Waals surface area contributed by atoms with Gasteiger partial charge in [-0.05, 0) is 83.1 Å². The van der Waals surface area contributed by atoms with Gasteiger partial charge in [0.2, 0.25) is 0 Å². The van der Waals surface area contributed by atoms with Gasteiger partial charge in [-0.1, -0.05) is 32.1 Å². The summed E-state index contributed by atoms with van der Waals surface area (Å²) in [5.74, 6) is 0. The van der Waals surface area contributed by atoms with Crippen LogP contribution in [-0.4, -0.2) is 46.0 Å². The quantitative estimate of drug-likeness (QED) is 0.153. The minimum absolute atomic E-state index is 0. The van der Waals surface area contributed by atoms with E-state index >= 15 is 0 Å². The van der Waals surface area contributed by atoms with E-state index in [1.54, 1.807) is 0 Å². The molecule has 0 saturated heterocycles. The molecule has 0 amide bonds. The Morgan fingerprint density at radius 1 is 0.625 bits per heavy atom. The minimum atomic E-state index is -0.418. The summed E-state index contributed by atoms with van der Waals surface area (Å²) in [5, 5.41) is 6.81. The topological polar surface area (TPSA) is 14.1 Å². The Bertz CT molecular complexity index is 418. The fraction of sp³-hybridized carbons (Fsp3) is 0.929. The number of rotatable bonds is 6. The predicted molar refractivity (Wildman–Crippen MR) is 154 cm³/mol. The van der Waals surface area contributed by atoms with Crippen LogP contribution in [0.1, 0.15) is 122 Å². The van der Waals surface area contributed by atoms with E-state index in [2.05, 4.69) is 95.2 Å². The smallest absolute Gasteiger partial charge is 0.0697 e. The molecule has 195 valence electrons. The monoisotopic (exact) mass is 664 g/mol. The molecule has 0 aliphatic heterocycles. The van der Waals surface area contributed by atoms with Crippen molar-refractivity contribution in [2.24, 2.45) is 0 Å². The first kappa shape index (κ1) is 35.4. The summed E-state index contributed by atoms with van der Waals surface area (Å²) >= 11 is 0. The molecule has 0 aromatic carbocycles. The Morgan fingerprint density at radius 3 is 1.38 bits per heavy atom. The molecule has 0 saturated carbocycles. The molecular weight excluding hydrogens is 604 g/mol. The number of allylic oxidation sites excluding steroid dienone is 2. The van der Waals surface area contributed by atoms with Crippen LogP contribution < -0.4 is 0 Å². The van der Waals surface area contributed by atoms with Crippen molar-refractivity contribution in [1.29, 1.82) is 0 Å². The van der Waals surface area contributed by atoms with E-state index in [0.717, 1.165) is 13.1 Å². The maximum Gasteiger partial charge on any atom is 0.0697 e. The van der Waals surface area contributed by atoms with Crippen LogP contribution >= 0.6 is 15.8 Å². The standard InChI is InChI=1S/C20H44NP2.C8H13.Ir/c1-17(2,3)22(18(4,5)6)15-13-21-14-16-23(19(7,8)9)20(10,11)12;1-2-4-6-8-7-5-3-1;/h13-16H2,1-12H3;1H,2,4-8H2;/q2*-1;/p+2. The van der Waals surface area contributed by atoms with Gasteiger partial charge in [-0.25, -0.2) is 0 Å². The van der Waals surface area contributed by atoms with Gasteiger partial charge < -0.3 is 11.4 Å². The molecule has 0 atom stereocenters. The molecule has 0 fully saturated rings. The molecule has 0 aromatic rings. The van der Waals surface area contributed by atoms with Crippen LogP contribution in [0.5, 0.6) is 0 Å². The van der Waals surface area contributed by atoms with Crippen molar-refractivity contribution in [2.75, 3.05) is 25.4 Å². The maximum atomic E-state index is 4.96. The van der Waals surface area contributed by atoms with Crippen molar-refractivity contribution in [1.82, 2.24) is 0 Å². The Morgan fingerprint density at radius 2 is 1.00 bits per heavy atom. The maximum absolute atomic E-state index is 4.96. The first-order valence-corrected chi connectivity index (χ1v) is 16.3. The Kier molecular flexibility index (Phi) is 17.7. The number of hydrogen-bond acceptors (Lipinski definition) is 0. The zero-order chi connectivity index (χ0) is 24.3. The minimum Gasteiger partial charge on any atom is -0.656 e. The zero-order valence-corrected chi connectivity index (χ0v) is 28.3. The Hall–Kier alpha value is 1.21. The summed E-state index contributed by atoms with van der Waals surface area (Å²) in [6, 6.07) is 0. The van der Waals surface area contributed by atoms with Gasteiger partial charge in [0, 0.05) is 48.3 Å². The van der Waals surface area contributed by atoms with Crippen LogP contribution in [0, 0.1) is 6.08 Å². The van der Waals surface area contributed by atoms with Gasteiger partial charge in [-0.3, -0.25) is 6.08 Å². The molecule has 1 nitrogen and oxygen atoms in total. The predicted octanol–water partition coefficient (Wildman–Crippen LogP) is 9.68. The van der Waals surface area contributed by atoms with Crippen molar-refractivity contribution in [2.45, 2.75) is 142 Å². The van der Waals surface area contributed by atoms with E-state index < -0.39 is 15.8 Å². The number of hydrogen-bond donors (Lipinski definition) is 0. The van der Waals surface area contributed by atoms with Crippen LogP contribution in [0.25, 0.3) is 5.32 Å². The first-order valence-electron chi connectivity index (χ1n) is 12.9. The van der Waals surface area contributed by atoms with Gasteiger partial charge in [-0.2, -0.15) is 6.42 Å². The molecule has 32 heavy (non-hydrogen) atoms. The van der Waals surface area contributed by atoms with Crippen LogP contribution in [0.4, 0.5) is 0 Å². The summed E-state index contributed by atoms with van der Waals surface area (Å²) in [7, 11) is -0.835. The average molecular weight is 664 g/mol. The van der Waals surface area contributed by atoms with Gasteiger partial charge >= 0.3 is 0 Å². The molecule has 4 heteroatoms. The van der Waals surface area contributed by atoms with E-state index in [-0.39, 0.29) is 20.1 Å². The molecule has 0 aromatic heterocycles. The second-order valence-corrected chi connectivity index (χ2v) is 22.4. The van der Waals surface area contributed by atoms with E-state index in [1.807, 2.05) is 0 Å². The Balaban J connectivity index is 0. The molecule has 0 spiro atoms. The van der Waals surface area contributed by atoms with Gasteiger partial charge in [0.1, 0.15) is 0 Å². The van der Waals surface area contributed by atoms with Crippen molar-refractivity contribution < 1.29 is 20.1 Å². The molecule has 1 radical (unpaired) electrons. The Labute approximate surface area is 220 Å². The molecule has 0 unspecified atom stereocenters. The van der Waals surface area contributed by atoms with Crippen molar-refractivity contribution in [3.63, 3.8) is 0 Å². The normalized spacial score (nSPS) is 16.2. The second-order valence-electron chi connectivity index (χ2n) is 13.5. The van der Waals surface area contributed by atoms with Crippen molar-refractivity contribution in [3.05, 3.63) is 17.5 Å². The van der Waals surface area contributed by atoms with Crippen molar-refractivity contribution in [3.8, 4) is 0 Å². The molecule has 0 N–H and O–H groups in total. The van der Waals surface area contributed by atoms with Gasteiger partial charge in [0.15, 0.2) is 0 Å². The average Bonchev–Trinajstić information content (AvgIpc) is 2.48. The SMILES string of the molecule is CC(C)(C)[PH+](CC[N-]CC[PH+](C(C)(C)C)C(C)(C)C)C(C)(C)C.[C-]1=CCCCCCC1.[Ir]. The summed E-state index contributed by atoms with van der Waals surface area (Å²) < 4.78 is 0. The summed E-state index contributed by atoms with van der Waals surface area (Å²) in [6.45, 7) is 31.2. The van der Waals surface area contributed by atoms with Crippen LogP contribution in [-0.2, 0) is 20.1 Å². The number of nitrogens with zero attached hydrogens (tertiary/aromatic N) is 1. The second kappa shape index (κ2) is 16.1. The van der Waals surface area contributed by atoms with Crippen molar-refractivity contribution >= 4 is 15.8 Å². The van der Waals surface area contributed by atoms with Gasteiger partial charge in [0.05, 0.1) is 20.6 Å². The summed E-state index contributed by atoms with van der Waals surface area (Å²) in [5.41, 5.74) is 0. The third-order valence-corrected chi connectivity index (χ3v) is 14.9. The summed E-state index contributed by atoms with van der Waals surface area (Å²) in [4.78, 5) is 0. The zero-order valence-electron chi connectivity index (χ0n) is 23.9.